The van der Waals surface area contributed by atoms with Crippen LogP contribution in [0.3, 0.4) is 0 Å². The molecule has 2 rings (SSSR count). The van der Waals surface area contributed by atoms with Crippen LogP contribution in [0.4, 0.5) is 4.39 Å². The third-order valence-corrected chi connectivity index (χ3v) is 3.16. The highest BCUT2D eigenvalue weighted by Crippen LogP contribution is 2.26. The SMILES string of the molecule is CC(O)(Cc1cccc(F)c1)c1ccc(Cl)cc1. The Morgan fingerprint density at radius 3 is 2.44 bits per heavy atom. The molecule has 0 saturated carbocycles. The Labute approximate surface area is 111 Å². The molecule has 0 amide bonds. The molecule has 1 unspecified atom stereocenters. The maximum absolute atomic E-state index is 13.1. The molecule has 0 aliphatic carbocycles. The van der Waals surface area contributed by atoms with Gasteiger partial charge in [0.2, 0.25) is 0 Å². The minimum absolute atomic E-state index is 0.292. The maximum atomic E-state index is 13.1. The van der Waals surface area contributed by atoms with Crippen molar-refractivity contribution in [2.75, 3.05) is 0 Å². The molecule has 1 nitrogen and oxygen atoms in total. The molecular weight excluding hydrogens is 251 g/mol. The molecule has 1 N–H and O–H groups in total. The van der Waals surface area contributed by atoms with Crippen molar-refractivity contribution in [2.24, 2.45) is 0 Å². The molecule has 0 radical (unpaired) electrons. The Morgan fingerprint density at radius 1 is 1.17 bits per heavy atom. The molecular formula is C15H14ClFO. The monoisotopic (exact) mass is 264 g/mol. The number of rotatable bonds is 3. The van der Waals surface area contributed by atoms with Crippen molar-refractivity contribution in [1.82, 2.24) is 0 Å². The Balaban J connectivity index is 2.23. The van der Waals surface area contributed by atoms with Gasteiger partial charge in [0.05, 0.1) is 5.60 Å². The van der Waals surface area contributed by atoms with Crippen LogP contribution in [0.15, 0.2) is 48.5 Å². The van der Waals surface area contributed by atoms with Crippen molar-refractivity contribution in [3.8, 4) is 0 Å². The van der Waals surface area contributed by atoms with Crippen molar-refractivity contribution >= 4 is 11.6 Å². The van der Waals surface area contributed by atoms with Crippen molar-refractivity contribution in [3.63, 3.8) is 0 Å². The van der Waals surface area contributed by atoms with E-state index in [2.05, 4.69) is 0 Å². The highest BCUT2D eigenvalue weighted by atomic mass is 35.5. The van der Waals surface area contributed by atoms with E-state index in [9.17, 15) is 9.50 Å². The molecule has 0 bridgehead atoms. The molecule has 2 aromatic carbocycles. The minimum atomic E-state index is -1.04. The van der Waals surface area contributed by atoms with Gasteiger partial charge in [-0.25, -0.2) is 4.39 Å². The first-order chi connectivity index (χ1) is 8.47. The second-order valence-corrected chi connectivity index (χ2v) is 5.02. The number of aliphatic hydroxyl groups is 1. The molecule has 0 aromatic heterocycles. The lowest BCUT2D eigenvalue weighted by molar-refractivity contribution is 0.0576. The predicted molar refractivity (Wildman–Crippen MR) is 71.1 cm³/mol. The summed E-state index contributed by atoms with van der Waals surface area (Å²) < 4.78 is 13.1. The minimum Gasteiger partial charge on any atom is -0.385 e. The van der Waals surface area contributed by atoms with Crippen LogP contribution in [0.1, 0.15) is 18.1 Å². The molecule has 0 heterocycles. The smallest absolute Gasteiger partial charge is 0.123 e. The number of hydrogen-bond acceptors (Lipinski definition) is 1. The summed E-state index contributed by atoms with van der Waals surface area (Å²) in [6.07, 6.45) is 0.354. The van der Waals surface area contributed by atoms with E-state index in [-0.39, 0.29) is 5.82 Å². The van der Waals surface area contributed by atoms with Crippen LogP contribution in [0, 0.1) is 5.82 Å². The average Bonchev–Trinajstić information content (AvgIpc) is 2.29. The van der Waals surface area contributed by atoms with Gasteiger partial charge in [-0.2, -0.15) is 0 Å². The molecule has 1 atom stereocenters. The van der Waals surface area contributed by atoms with Crippen LogP contribution in [0.5, 0.6) is 0 Å². The van der Waals surface area contributed by atoms with E-state index in [0.29, 0.717) is 11.4 Å². The molecule has 0 aliphatic heterocycles. The van der Waals surface area contributed by atoms with Crippen molar-refractivity contribution in [3.05, 3.63) is 70.5 Å². The van der Waals surface area contributed by atoms with Gasteiger partial charge in [0.1, 0.15) is 5.82 Å². The van der Waals surface area contributed by atoms with Gasteiger partial charge in [0, 0.05) is 11.4 Å². The lowest BCUT2D eigenvalue weighted by atomic mass is 9.89. The van der Waals surface area contributed by atoms with Gasteiger partial charge in [0.25, 0.3) is 0 Å². The summed E-state index contributed by atoms with van der Waals surface area (Å²) in [4.78, 5) is 0. The van der Waals surface area contributed by atoms with Gasteiger partial charge in [-0.1, -0.05) is 35.9 Å². The summed E-state index contributed by atoms with van der Waals surface area (Å²) in [5.41, 5.74) is 0.476. The average molecular weight is 265 g/mol. The first-order valence-corrected chi connectivity index (χ1v) is 6.08. The first-order valence-electron chi connectivity index (χ1n) is 5.70. The summed E-state index contributed by atoms with van der Waals surface area (Å²) in [5, 5.41) is 11.1. The lowest BCUT2D eigenvalue weighted by Crippen LogP contribution is -2.24. The van der Waals surface area contributed by atoms with Crippen LogP contribution < -0.4 is 0 Å². The highest BCUT2D eigenvalue weighted by Gasteiger charge is 2.23. The summed E-state index contributed by atoms with van der Waals surface area (Å²) >= 11 is 5.81. The van der Waals surface area contributed by atoms with Crippen LogP contribution in [0.2, 0.25) is 5.02 Å². The zero-order valence-electron chi connectivity index (χ0n) is 10.0. The number of hydrogen-bond donors (Lipinski definition) is 1. The summed E-state index contributed by atoms with van der Waals surface area (Å²) in [5.74, 6) is -0.292. The normalized spacial score (nSPS) is 14.2. The van der Waals surface area contributed by atoms with E-state index >= 15 is 0 Å². The lowest BCUT2D eigenvalue weighted by Gasteiger charge is -2.24. The van der Waals surface area contributed by atoms with E-state index in [1.807, 2.05) is 0 Å². The second-order valence-electron chi connectivity index (χ2n) is 4.59. The van der Waals surface area contributed by atoms with Crippen molar-refractivity contribution < 1.29 is 9.50 Å². The summed E-state index contributed by atoms with van der Waals surface area (Å²) in [7, 11) is 0. The van der Waals surface area contributed by atoms with Gasteiger partial charge in [-0.15, -0.1) is 0 Å². The molecule has 94 valence electrons. The van der Waals surface area contributed by atoms with Gasteiger partial charge in [-0.3, -0.25) is 0 Å². The zero-order chi connectivity index (χ0) is 13.2. The van der Waals surface area contributed by atoms with Crippen molar-refractivity contribution in [2.45, 2.75) is 18.9 Å². The Bertz CT molecular complexity index is 534. The molecule has 0 fully saturated rings. The molecule has 18 heavy (non-hydrogen) atoms. The van der Waals surface area contributed by atoms with E-state index < -0.39 is 5.60 Å². The second kappa shape index (κ2) is 5.09. The third kappa shape index (κ3) is 3.09. The quantitative estimate of drug-likeness (QED) is 0.891. The van der Waals surface area contributed by atoms with E-state index in [1.165, 1.54) is 12.1 Å². The summed E-state index contributed by atoms with van der Waals surface area (Å²) in [6, 6.07) is 13.3. The maximum Gasteiger partial charge on any atom is 0.123 e. The van der Waals surface area contributed by atoms with E-state index in [0.717, 1.165) is 11.1 Å². The molecule has 0 saturated heterocycles. The highest BCUT2D eigenvalue weighted by molar-refractivity contribution is 6.30. The van der Waals surface area contributed by atoms with E-state index in [1.54, 1.807) is 43.3 Å². The Kier molecular flexibility index (Phi) is 3.69. The van der Waals surface area contributed by atoms with Gasteiger partial charge in [0.15, 0.2) is 0 Å². The van der Waals surface area contributed by atoms with Gasteiger partial charge in [-0.05, 0) is 42.3 Å². The van der Waals surface area contributed by atoms with Gasteiger partial charge >= 0.3 is 0 Å². The summed E-state index contributed by atoms with van der Waals surface area (Å²) in [6.45, 7) is 1.71. The topological polar surface area (TPSA) is 20.2 Å². The van der Waals surface area contributed by atoms with Crippen LogP contribution >= 0.6 is 11.6 Å². The predicted octanol–water partition coefficient (Wildman–Crippen LogP) is 3.93. The Hall–Kier alpha value is -1.38. The van der Waals surface area contributed by atoms with Gasteiger partial charge < -0.3 is 5.11 Å². The fraction of sp³-hybridized carbons (Fsp3) is 0.200. The van der Waals surface area contributed by atoms with Crippen LogP contribution in [-0.4, -0.2) is 5.11 Å². The molecule has 0 aliphatic rings. The molecule has 2 aromatic rings. The largest absolute Gasteiger partial charge is 0.385 e. The number of benzene rings is 2. The first kappa shape index (κ1) is 13.1. The van der Waals surface area contributed by atoms with Crippen molar-refractivity contribution in [1.29, 1.82) is 0 Å². The van der Waals surface area contributed by atoms with Crippen LogP contribution in [0.25, 0.3) is 0 Å². The van der Waals surface area contributed by atoms with Crippen LogP contribution in [-0.2, 0) is 12.0 Å². The Morgan fingerprint density at radius 2 is 1.83 bits per heavy atom. The molecule has 0 spiro atoms. The fourth-order valence-corrected chi connectivity index (χ4v) is 2.08. The standard InChI is InChI=1S/C15H14ClFO/c1-15(18,12-5-7-13(16)8-6-12)10-11-3-2-4-14(17)9-11/h2-9,18H,10H2,1H3. The third-order valence-electron chi connectivity index (χ3n) is 2.90. The zero-order valence-corrected chi connectivity index (χ0v) is 10.8. The fourth-order valence-electron chi connectivity index (χ4n) is 1.96. The van der Waals surface area contributed by atoms with E-state index in [4.69, 9.17) is 11.6 Å². The number of halogens is 2. The molecule has 3 heteroatoms.